The lowest BCUT2D eigenvalue weighted by molar-refractivity contribution is 0.186. The number of aryl methyl sites for hydroxylation is 1. The maximum Gasteiger partial charge on any atom is 0.332 e. The summed E-state index contributed by atoms with van der Waals surface area (Å²) in [5.41, 5.74) is 0.110. The van der Waals surface area contributed by atoms with Crippen molar-refractivity contribution in [3.63, 3.8) is 0 Å². The Balaban J connectivity index is 2.97. The predicted molar refractivity (Wildman–Crippen MR) is 98.3 cm³/mol. The van der Waals surface area contributed by atoms with Crippen LogP contribution in [0, 0.1) is 6.92 Å². The lowest BCUT2D eigenvalue weighted by Gasteiger charge is -2.16. The predicted octanol–water partition coefficient (Wildman–Crippen LogP) is -0.871. The Kier molecular flexibility index (Phi) is 4.94. The van der Waals surface area contributed by atoms with Crippen LogP contribution in [0.3, 0.4) is 0 Å². The van der Waals surface area contributed by atoms with Crippen LogP contribution in [0.25, 0.3) is 10.2 Å². The summed E-state index contributed by atoms with van der Waals surface area (Å²) in [6.45, 7) is 6.19. The normalized spacial score (nSPS) is 12.4. The third kappa shape index (κ3) is 3.05. The van der Waals surface area contributed by atoms with Gasteiger partial charge in [0, 0.05) is 23.4 Å². The van der Waals surface area contributed by atoms with E-state index in [1.807, 2.05) is 20.8 Å². The van der Waals surface area contributed by atoms with Gasteiger partial charge in [0.1, 0.15) is 20.5 Å². The van der Waals surface area contributed by atoms with E-state index in [2.05, 4.69) is 0 Å². The van der Waals surface area contributed by atoms with Gasteiger partial charge in [-0.1, -0.05) is 0 Å². The molecule has 2 rings (SSSR count). The summed E-state index contributed by atoms with van der Waals surface area (Å²) in [6.07, 6.45) is 0. The van der Waals surface area contributed by atoms with Crippen LogP contribution in [0.4, 0.5) is 0 Å². The van der Waals surface area contributed by atoms with Crippen LogP contribution in [0.2, 0.25) is 0 Å². The van der Waals surface area contributed by atoms with Crippen molar-refractivity contribution in [3.05, 3.63) is 31.3 Å². The molecule has 0 atom stereocenters. The second-order valence-corrected chi connectivity index (χ2v) is 7.49. The summed E-state index contributed by atoms with van der Waals surface area (Å²) < 4.78 is 7.94. The molecule has 0 bridgehead atoms. The summed E-state index contributed by atoms with van der Waals surface area (Å²) in [5, 5.41) is 9.81. The Morgan fingerprint density at radius 2 is 1.96 bits per heavy atom. The second-order valence-electron chi connectivity index (χ2n) is 6.49. The molecule has 9 heteroatoms. The van der Waals surface area contributed by atoms with Gasteiger partial charge in [-0.05, 0) is 26.3 Å². The van der Waals surface area contributed by atoms with E-state index < -0.39 is 5.40 Å². The van der Waals surface area contributed by atoms with Crippen LogP contribution in [0.5, 0.6) is 0 Å². The zero-order chi connectivity index (χ0) is 17.5. The molecule has 0 aliphatic heterocycles. The highest BCUT2D eigenvalue weighted by Crippen LogP contribution is 2.33. The molecule has 0 amide bonds. The first-order valence-corrected chi connectivity index (χ1v) is 8.43. The fourth-order valence-electron chi connectivity index (χ4n) is 2.78. The van der Waals surface area contributed by atoms with Gasteiger partial charge in [-0.15, -0.1) is 11.3 Å². The van der Waals surface area contributed by atoms with E-state index in [0.29, 0.717) is 28.2 Å². The van der Waals surface area contributed by atoms with Crippen molar-refractivity contribution >= 4 is 37.2 Å². The molecule has 2 aromatic rings. The molecule has 0 aliphatic carbocycles. The van der Waals surface area contributed by atoms with Gasteiger partial charge in [0.05, 0.1) is 18.5 Å². The van der Waals surface area contributed by atoms with E-state index >= 15 is 0 Å². The van der Waals surface area contributed by atoms with E-state index in [9.17, 15) is 14.7 Å². The number of fused-ring (bicyclic) bond motifs is 1. The maximum atomic E-state index is 12.8. The molecule has 0 radical (unpaired) electrons. The van der Waals surface area contributed by atoms with Crippen molar-refractivity contribution in [2.75, 3.05) is 13.7 Å². The number of hydrogen-bond donors (Lipinski definition) is 1. The molecule has 0 fully saturated rings. The van der Waals surface area contributed by atoms with Crippen LogP contribution in [0.1, 0.15) is 30.3 Å². The van der Waals surface area contributed by atoms with Crippen molar-refractivity contribution in [3.8, 4) is 0 Å². The number of hydrogen-bond acceptors (Lipinski definition) is 5. The van der Waals surface area contributed by atoms with E-state index in [1.54, 1.807) is 27.4 Å². The minimum absolute atomic E-state index is 0.238. The molecule has 0 saturated heterocycles. The molecule has 2 aromatic heterocycles. The molecule has 0 saturated carbocycles. The summed E-state index contributed by atoms with van der Waals surface area (Å²) in [6, 6.07) is -0.238. The standard InChI is InChI=1S/C14H22B2N2O4S/c1-7(2)18-11(19)9-8(3)10(14(15,16)21)23-12(9)17(13(18)20)5-6-22-4/h7,21H,5-6,15-16H2,1-4H3. The fraction of sp³-hybridized carbons (Fsp3) is 0.571. The number of nitrogens with zero attached hydrogens (tertiary/aromatic N) is 2. The first-order chi connectivity index (χ1) is 10.6. The van der Waals surface area contributed by atoms with Crippen LogP contribution >= 0.6 is 11.3 Å². The second kappa shape index (κ2) is 6.30. The first kappa shape index (κ1) is 18.0. The van der Waals surface area contributed by atoms with Gasteiger partial charge in [-0.25, -0.2) is 4.79 Å². The molecular formula is C14H22B2N2O4S. The molecule has 0 aliphatic rings. The molecule has 0 aromatic carbocycles. The minimum Gasteiger partial charge on any atom is -0.402 e. The Labute approximate surface area is 140 Å². The Morgan fingerprint density at radius 3 is 2.43 bits per heavy atom. The molecule has 124 valence electrons. The number of ether oxygens (including phenoxy) is 1. The molecule has 23 heavy (non-hydrogen) atoms. The van der Waals surface area contributed by atoms with Gasteiger partial charge in [0.2, 0.25) is 0 Å². The van der Waals surface area contributed by atoms with Crippen molar-refractivity contribution in [1.29, 1.82) is 0 Å². The van der Waals surface area contributed by atoms with Crippen LogP contribution in [-0.4, -0.2) is 43.6 Å². The number of methoxy groups -OCH3 is 1. The van der Waals surface area contributed by atoms with E-state index in [1.165, 1.54) is 15.9 Å². The summed E-state index contributed by atoms with van der Waals surface area (Å²) >= 11 is 1.30. The van der Waals surface area contributed by atoms with E-state index in [0.717, 1.165) is 5.56 Å². The third-order valence-corrected chi connectivity index (χ3v) is 5.46. The molecule has 6 nitrogen and oxygen atoms in total. The van der Waals surface area contributed by atoms with E-state index in [4.69, 9.17) is 4.74 Å². The first-order valence-electron chi connectivity index (χ1n) is 7.61. The van der Waals surface area contributed by atoms with E-state index in [-0.39, 0.29) is 17.3 Å². The van der Waals surface area contributed by atoms with Crippen LogP contribution in [0.15, 0.2) is 9.59 Å². The average Bonchev–Trinajstić information content (AvgIpc) is 2.76. The van der Waals surface area contributed by atoms with Crippen molar-refractivity contribution < 1.29 is 9.84 Å². The fourth-order valence-corrected chi connectivity index (χ4v) is 4.10. The number of aromatic nitrogens is 2. The highest BCUT2D eigenvalue weighted by Gasteiger charge is 2.27. The Hall–Kier alpha value is -1.31. The maximum absolute atomic E-state index is 12.8. The van der Waals surface area contributed by atoms with Crippen molar-refractivity contribution in [2.45, 2.75) is 38.8 Å². The largest absolute Gasteiger partial charge is 0.402 e. The van der Waals surface area contributed by atoms with Gasteiger partial charge in [-0.3, -0.25) is 13.9 Å². The third-order valence-electron chi connectivity index (χ3n) is 3.83. The zero-order valence-electron chi connectivity index (χ0n) is 14.5. The number of aliphatic hydroxyl groups is 1. The highest BCUT2D eigenvalue weighted by molar-refractivity contribution is 7.19. The van der Waals surface area contributed by atoms with Gasteiger partial charge < -0.3 is 9.84 Å². The summed E-state index contributed by atoms with van der Waals surface area (Å²) in [4.78, 5) is 26.9. The monoisotopic (exact) mass is 336 g/mol. The quantitative estimate of drug-likeness (QED) is 0.721. The number of rotatable bonds is 5. The average molecular weight is 336 g/mol. The molecule has 2 heterocycles. The van der Waals surface area contributed by atoms with Crippen molar-refractivity contribution in [2.24, 2.45) is 0 Å². The summed E-state index contributed by atoms with van der Waals surface area (Å²) in [5.74, 6) is 0. The Bertz CT molecular complexity index is 846. The molecule has 0 spiro atoms. The minimum atomic E-state index is -1.06. The van der Waals surface area contributed by atoms with Gasteiger partial charge >= 0.3 is 5.69 Å². The molecule has 0 unspecified atom stereocenters. The van der Waals surface area contributed by atoms with Crippen LogP contribution < -0.4 is 11.2 Å². The van der Waals surface area contributed by atoms with Gasteiger partial charge in [0.15, 0.2) is 0 Å². The zero-order valence-corrected chi connectivity index (χ0v) is 15.3. The molecular weight excluding hydrogens is 314 g/mol. The van der Waals surface area contributed by atoms with Crippen molar-refractivity contribution in [1.82, 2.24) is 9.13 Å². The number of thiophene rings is 1. The topological polar surface area (TPSA) is 73.5 Å². The van der Waals surface area contributed by atoms with Gasteiger partial charge in [0.25, 0.3) is 5.56 Å². The van der Waals surface area contributed by atoms with Crippen LogP contribution in [-0.2, 0) is 16.7 Å². The SMILES string of the molecule is BC(B)(O)c1sc2c(c1C)c(=O)n(C(C)C)c(=O)n2CCOC. The highest BCUT2D eigenvalue weighted by atomic mass is 32.1. The Morgan fingerprint density at radius 1 is 1.35 bits per heavy atom. The molecule has 1 N–H and O–H groups in total. The summed E-state index contributed by atoms with van der Waals surface area (Å²) in [7, 11) is 4.94. The lowest BCUT2D eigenvalue weighted by atomic mass is 9.64. The lowest BCUT2D eigenvalue weighted by Crippen LogP contribution is -2.41. The van der Waals surface area contributed by atoms with Gasteiger partial charge in [-0.2, -0.15) is 0 Å². The smallest absolute Gasteiger partial charge is 0.332 e.